The average Bonchev–Trinajstić information content (AvgIpc) is 3.13. The monoisotopic (exact) mass is 425 g/mol. The van der Waals surface area contributed by atoms with Crippen molar-refractivity contribution < 1.29 is 9.53 Å². The largest absolute Gasteiger partial charge is 0.489 e. The Kier molecular flexibility index (Phi) is 6.16. The van der Waals surface area contributed by atoms with Crippen molar-refractivity contribution in [2.75, 3.05) is 0 Å². The highest BCUT2D eigenvalue weighted by Crippen LogP contribution is 2.28. The second kappa shape index (κ2) is 9.33. The topological polar surface area (TPSA) is 74.5 Å². The third kappa shape index (κ3) is 5.21. The zero-order valence-corrected chi connectivity index (χ0v) is 17.6. The number of thioether (sulfide) groups is 1. The summed E-state index contributed by atoms with van der Waals surface area (Å²) in [7, 11) is 0. The van der Waals surface area contributed by atoms with E-state index in [2.05, 4.69) is 16.4 Å². The molecule has 1 aliphatic heterocycles. The zero-order valence-electron chi connectivity index (χ0n) is 16.8. The van der Waals surface area contributed by atoms with E-state index in [4.69, 9.17) is 10.00 Å². The average molecular weight is 426 g/mol. The van der Waals surface area contributed by atoms with Crippen LogP contribution < -0.4 is 10.1 Å². The zero-order chi connectivity index (χ0) is 21.6. The maximum atomic E-state index is 12.3. The second-order valence-corrected chi connectivity index (χ2v) is 7.97. The van der Waals surface area contributed by atoms with Crippen LogP contribution in [0.1, 0.15) is 22.3 Å². The van der Waals surface area contributed by atoms with E-state index in [1.165, 1.54) is 11.8 Å². The van der Waals surface area contributed by atoms with Crippen LogP contribution in [-0.4, -0.2) is 11.1 Å². The molecule has 6 heteroatoms. The van der Waals surface area contributed by atoms with Gasteiger partial charge in [0.05, 0.1) is 22.2 Å². The molecule has 1 heterocycles. The van der Waals surface area contributed by atoms with Crippen LogP contribution >= 0.6 is 11.8 Å². The number of aliphatic imine (C=N–C) groups is 1. The lowest BCUT2D eigenvalue weighted by molar-refractivity contribution is -0.115. The van der Waals surface area contributed by atoms with Crippen molar-refractivity contribution in [1.29, 1.82) is 5.26 Å². The van der Waals surface area contributed by atoms with E-state index in [0.717, 1.165) is 22.4 Å². The predicted molar refractivity (Wildman–Crippen MR) is 124 cm³/mol. The quantitative estimate of drug-likeness (QED) is 0.560. The van der Waals surface area contributed by atoms with Gasteiger partial charge in [-0.25, -0.2) is 4.99 Å². The number of nitriles is 1. The normalized spacial score (nSPS) is 15.7. The summed E-state index contributed by atoms with van der Waals surface area (Å²) in [5.41, 5.74) is 4.30. The fourth-order valence-corrected chi connectivity index (χ4v) is 3.79. The molecule has 0 bridgehead atoms. The van der Waals surface area contributed by atoms with E-state index in [1.54, 1.807) is 6.07 Å². The molecule has 4 rings (SSSR count). The van der Waals surface area contributed by atoms with Gasteiger partial charge < -0.3 is 10.1 Å². The van der Waals surface area contributed by atoms with Gasteiger partial charge >= 0.3 is 0 Å². The van der Waals surface area contributed by atoms with Crippen LogP contribution in [0.25, 0.3) is 6.08 Å². The number of nitrogens with one attached hydrogen (secondary N) is 1. The molecule has 152 valence electrons. The molecule has 0 atom stereocenters. The number of benzene rings is 3. The number of hydrogen-bond acceptors (Lipinski definition) is 5. The Balaban J connectivity index is 1.41. The van der Waals surface area contributed by atoms with Crippen molar-refractivity contribution in [1.82, 2.24) is 5.32 Å². The van der Waals surface area contributed by atoms with Crippen molar-refractivity contribution in [2.24, 2.45) is 4.99 Å². The maximum absolute atomic E-state index is 12.3. The lowest BCUT2D eigenvalue weighted by Crippen LogP contribution is -2.19. The summed E-state index contributed by atoms with van der Waals surface area (Å²) in [6, 6.07) is 24.8. The fraction of sp³-hybridized carbons (Fsp3) is 0.0800. The number of carbonyl (C=O) groups excluding carboxylic acids is 1. The highest BCUT2D eigenvalue weighted by atomic mass is 32.2. The molecular formula is C25H19N3O2S. The summed E-state index contributed by atoms with van der Waals surface area (Å²) in [5.74, 6) is 0.532. The van der Waals surface area contributed by atoms with Crippen LogP contribution in [0.5, 0.6) is 5.75 Å². The first-order chi connectivity index (χ1) is 15.1. The molecule has 0 aliphatic carbocycles. The molecule has 0 spiro atoms. The minimum Gasteiger partial charge on any atom is -0.489 e. The minimum atomic E-state index is -0.163. The molecule has 31 heavy (non-hydrogen) atoms. The van der Waals surface area contributed by atoms with Gasteiger partial charge in [-0.3, -0.25) is 4.79 Å². The molecule has 0 saturated carbocycles. The molecular weight excluding hydrogens is 406 g/mol. The number of aryl methyl sites for hydroxylation is 1. The number of nitrogens with zero attached hydrogens (tertiary/aromatic N) is 2. The number of rotatable bonds is 5. The van der Waals surface area contributed by atoms with Gasteiger partial charge in [-0.05, 0) is 60.7 Å². The SMILES string of the molecule is Cc1ccc(N=C2NC(=O)/C(=C\c3ccc(OCc4ccccc4C#N)cc3)S2)cc1. The van der Waals surface area contributed by atoms with Gasteiger partial charge in [0, 0.05) is 5.56 Å². The van der Waals surface area contributed by atoms with Crippen LogP contribution in [0.4, 0.5) is 5.69 Å². The molecule has 0 unspecified atom stereocenters. The number of carbonyl (C=O) groups is 1. The van der Waals surface area contributed by atoms with Crippen molar-refractivity contribution in [2.45, 2.75) is 13.5 Å². The molecule has 1 saturated heterocycles. The van der Waals surface area contributed by atoms with Crippen LogP contribution in [0.15, 0.2) is 82.7 Å². The molecule has 1 amide bonds. The number of amidine groups is 1. The number of amides is 1. The van der Waals surface area contributed by atoms with E-state index < -0.39 is 0 Å². The van der Waals surface area contributed by atoms with Crippen molar-refractivity contribution in [3.8, 4) is 11.8 Å². The first kappa shape index (κ1) is 20.5. The van der Waals surface area contributed by atoms with Gasteiger partial charge in [-0.2, -0.15) is 5.26 Å². The highest BCUT2D eigenvalue weighted by Gasteiger charge is 2.23. The standard InChI is InChI=1S/C25H19N3O2S/c1-17-6-10-21(11-7-17)27-25-28-24(29)23(31-25)14-18-8-12-22(13-9-18)30-16-20-5-3-2-4-19(20)15-26/h2-14H,16H2,1H3,(H,27,28,29)/b23-14+. The van der Waals surface area contributed by atoms with Gasteiger partial charge in [0.25, 0.3) is 5.91 Å². The summed E-state index contributed by atoms with van der Waals surface area (Å²) in [5, 5.41) is 12.5. The predicted octanol–water partition coefficient (Wildman–Crippen LogP) is 5.34. The highest BCUT2D eigenvalue weighted by molar-refractivity contribution is 8.18. The molecule has 1 fully saturated rings. The summed E-state index contributed by atoms with van der Waals surface area (Å²) in [4.78, 5) is 17.4. The molecule has 5 nitrogen and oxygen atoms in total. The van der Waals surface area contributed by atoms with Gasteiger partial charge in [0.1, 0.15) is 12.4 Å². The fourth-order valence-electron chi connectivity index (χ4n) is 2.95. The van der Waals surface area contributed by atoms with Gasteiger partial charge in [0.2, 0.25) is 0 Å². The summed E-state index contributed by atoms with van der Waals surface area (Å²) in [6.45, 7) is 2.34. The van der Waals surface area contributed by atoms with Crippen molar-refractivity contribution in [3.63, 3.8) is 0 Å². The van der Waals surface area contributed by atoms with E-state index >= 15 is 0 Å². The van der Waals surface area contributed by atoms with Crippen LogP contribution in [-0.2, 0) is 11.4 Å². The first-order valence-corrected chi connectivity index (χ1v) is 10.5. The summed E-state index contributed by atoms with van der Waals surface area (Å²) < 4.78 is 5.80. The van der Waals surface area contributed by atoms with Crippen LogP contribution in [0.3, 0.4) is 0 Å². The Labute approximate surface area is 185 Å². The van der Waals surface area contributed by atoms with Gasteiger partial charge in [-0.1, -0.05) is 48.0 Å². The number of hydrogen-bond donors (Lipinski definition) is 1. The Morgan fingerprint density at radius 3 is 2.55 bits per heavy atom. The molecule has 0 radical (unpaired) electrons. The lowest BCUT2D eigenvalue weighted by Gasteiger charge is -2.07. The van der Waals surface area contributed by atoms with Crippen molar-refractivity contribution >= 4 is 34.6 Å². The van der Waals surface area contributed by atoms with Crippen LogP contribution in [0, 0.1) is 18.3 Å². The molecule has 1 N–H and O–H groups in total. The van der Waals surface area contributed by atoms with E-state index in [1.807, 2.05) is 79.7 Å². The Morgan fingerprint density at radius 1 is 1.06 bits per heavy atom. The first-order valence-electron chi connectivity index (χ1n) is 9.68. The van der Waals surface area contributed by atoms with E-state index in [-0.39, 0.29) is 5.91 Å². The van der Waals surface area contributed by atoms with Gasteiger partial charge in [0.15, 0.2) is 5.17 Å². The minimum absolute atomic E-state index is 0.163. The van der Waals surface area contributed by atoms with E-state index in [9.17, 15) is 4.79 Å². The third-order valence-corrected chi connectivity index (χ3v) is 5.54. The smallest absolute Gasteiger partial charge is 0.264 e. The molecule has 0 aromatic heterocycles. The van der Waals surface area contributed by atoms with E-state index in [0.29, 0.717) is 28.0 Å². The van der Waals surface area contributed by atoms with Crippen LogP contribution in [0.2, 0.25) is 0 Å². The van der Waals surface area contributed by atoms with Crippen molar-refractivity contribution in [3.05, 3.63) is 100.0 Å². The molecule has 1 aliphatic rings. The summed E-state index contributed by atoms with van der Waals surface area (Å²) >= 11 is 1.32. The Bertz CT molecular complexity index is 1210. The number of ether oxygens (including phenoxy) is 1. The molecule has 3 aromatic carbocycles. The molecule has 3 aromatic rings. The third-order valence-electron chi connectivity index (χ3n) is 4.63. The maximum Gasteiger partial charge on any atom is 0.264 e. The Hall–Kier alpha value is -3.82. The second-order valence-electron chi connectivity index (χ2n) is 6.94. The Morgan fingerprint density at radius 2 is 1.81 bits per heavy atom. The summed E-state index contributed by atoms with van der Waals surface area (Å²) in [6.07, 6.45) is 1.83. The van der Waals surface area contributed by atoms with Gasteiger partial charge in [-0.15, -0.1) is 0 Å². The lowest BCUT2D eigenvalue weighted by atomic mass is 10.1.